The lowest BCUT2D eigenvalue weighted by Gasteiger charge is -2.23. The van der Waals surface area contributed by atoms with E-state index in [0.717, 1.165) is 18.2 Å². The molecule has 1 aliphatic carbocycles. The summed E-state index contributed by atoms with van der Waals surface area (Å²) in [6, 6.07) is 0. The van der Waals surface area contributed by atoms with E-state index in [1.54, 1.807) is 6.20 Å². The lowest BCUT2D eigenvalue weighted by Crippen LogP contribution is -2.30. The van der Waals surface area contributed by atoms with Crippen LogP contribution < -0.4 is 5.32 Å². The Bertz CT molecular complexity index is 396. The molecule has 1 atom stereocenters. The molecule has 0 bridgehead atoms. The van der Waals surface area contributed by atoms with E-state index in [4.69, 9.17) is 9.15 Å². The number of nitrogens with zero attached hydrogens (tertiary/aromatic N) is 1. The van der Waals surface area contributed by atoms with E-state index < -0.39 is 0 Å². The smallest absolute Gasteiger partial charge is 0.208 e. The van der Waals surface area contributed by atoms with Crippen LogP contribution in [0.15, 0.2) is 10.6 Å². The Hall–Kier alpha value is -0.870. The van der Waals surface area contributed by atoms with Gasteiger partial charge in [0, 0.05) is 6.54 Å². The molecule has 1 saturated heterocycles. The number of hydrogen-bond acceptors (Lipinski definition) is 4. The maximum absolute atomic E-state index is 6.24. The molecule has 1 aromatic heterocycles. The van der Waals surface area contributed by atoms with Gasteiger partial charge in [0.2, 0.25) is 5.89 Å². The molecule has 1 N–H and O–H groups in total. The summed E-state index contributed by atoms with van der Waals surface area (Å²) in [4.78, 5) is 4.18. The van der Waals surface area contributed by atoms with E-state index in [9.17, 15) is 0 Å². The molecule has 1 aliphatic heterocycles. The molecule has 18 heavy (non-hydrogen) atoms. The summed E-state index contributed by atoms with van der Waals surface area (Å²) in [5.74, 6) is 1.63. The highest BCUT2D eigenvalue weighted by Crippen LogP contribution is 2.43. The van der Waals surface area contributed by atoms with Gasteiger partial charge in [-0.15, -0.1) is 0 Å². The highest BCUT2D eigenvalue weighted by molar-refractivity contribution is 4.94. The number of oxazole rings is 1. The number of nitrogens with one attached hydrogen (secondary N) is 1. The summed E-state index contributed by atoms with van der Waals surface area (Å²) < 4.78 is 11.7. The average molecular weight is 250 g/mol. The van der Waals surface area contributed by atoms with Crippen molar-refractivity contribution in [3.05, 3.63) is 17.8 Å². The quantitative estimate of drug-likeness (QED) is 0.892. The van der Waals surface area contributed by atoms with Gasteiger partial charge < -0.3 is 14.5 Å². The molecular formula is C14H22N2O2. The summed E-state index contributed by atoms with van der Waals surface area (Å²) >= 11 is 0. The second-order valence-electron chi connectivity index (χ2n) is 5.66. The van der Waals surface area contributed by atoms with Crippen LogP contribution in [0.4, 0.5) is 0 Å². The third kappa shape index (κ3) is 2.59. The maximum atomic E-state index is 6.24. The summed E-state index contributed by atoms with van der Waals surface area (Å²) in [5, 5.41) is 3.38. The number of hydrogen-bond donors (Lipinski definition) is 1. The monoisotopic (exact) mass is 250 g/mol. The van der Waals surface area contributed by atoms with Crippen LogP contribution in [0.25, 0.3) is 0 Å². The number of rotatable bonds is 4. The van der Waals surface area contributed by atoms with Crippen molar-refractivity contribution in [2.75, 3.05) is 6.54 Å². The van der Waals surface area contributed by atoms with Gasteiger partial charge in [-0.25, -0.2) is 4.98 Å². The molecule has 2 aliphatic rings. The molecule has 2 fully saturated rings. The molecule has 3 rings (SSSR count). The molecule has 1 aromatic rings. The van der Waals surface area contributed by atoms with Crippen LogP contribution >= 0.6 is 0 Å². The molecule has 4 heteroatoms. The second kappa shape index (κ2) is 5.02. The van der Waals surface area contributed by atoms with E-state index in [-0.39, 0.29) is 5.60 Å². The molecule has 0 aromatic carbocycles. The first-order chi connectivity index (χ1) is 8.76. The van der Waals surface area contributed by atoms with E-state index in [1.807, 2.05) is 6.92 Å². The SMILES string of the molecule is Cc1cnc(CNCC2CCC3(CCCC3)O2)o1. The van der Waals surface area contributed by atoms with Crippen molar-refractivity contribution in [3.63, 3.8) is 0 Å². The van der Waals surface area contributed by atoms with E-state index >= 15 is 0 Å². The van der Waals surface area contributed by atoms with Gasteiger partial charge >= 0.3 is 0 Å². The average Bonchev–Trinajstić information content (AvgIpc) is 3.05. The number of aryl methyl sites for hydroxylation is 1. The van der Waals surface area contributed by atoms with Crippen LogP contribution in [0, 0.1) is 6.92 Å². The fourth-order valence-electron chi connectivity index (χ4n) is 3.25. The van der Waals surface area contributed by atoms with Gasteiger partial charge in [0.1, 0.15) is 5.76 Å². The van der Waals surface area contributed by atoms with E-state index in [2.05, 4.69) is 10.3 Å². The first-order valence-electron chi connectivity index (χ1n) is 7.06. The lowest BCUT2D eigenvalue weighted by atomic mass is 9.98. The summed E-state index contributed by atoms with van der Waals surface area (Å²) in [5.41, 5.74) is 0.242. The zero-order chi connectivity index (χ0) is 12.4. The number of ether oxygens (including phenoxy) is 1. The lowest BCUT2D eigenvalue weighted by molar-refractivity contribution is -0.0353. The van der Waals surface area contributed by atoms with Crippen LogP contribution in [0.5, 0.6) is 0 Å². The predicted octanol–water partition coefficient (Wildman–Crippen LogP) is 2.56. The maximum Gasteiger partial charge on any atom is 0.208 e. The standard InChI is InChI=1S/C14H22N2O2/c1-11-8-16-13(17-11)10-15-9-12-4-7-14(18-12)5-2-3-6-14/h8,12,15H,2-7,9-10H2,1H3. The van der Waals surface area contributed by atoms with Crippen molar-refractivity contribution < 1.29 is 9.15 Å². The highest BCUT2D eigenvalue weighted by Gasteiger charge is 2.41. The molecular weight excluding hydrogens is 228 g/mol. The van der Waals surface area contributed by atoms with Gasteiger partial charge in [-0.3, -0.25) is 0 Å². The van der Waals surface area contributed by atoms with Crippen LogP contribution in [-0.4, -0.2) is 23.2 Å². The van der Waals surface area contributed by atoms with Gasteiger partial charge in [0.25, 0.3) is 0 Å². The molecule has 0 radical (unpaired) electrons. The Morgan fingerprint density at radius 2 is 2.22 bits per heavy atom. The highest BCUT2D eigenvalue weighted by atomic mass is 16.5. The molecule has 100 valence electrons. The number of aromatic nitrogens is 1. The van der Waals surface area contributed by atoms with Gasteiger partial charge in [-0.2, -0.15) is 0 Å². The molecule has 1 unspecified atom stereocenters. The molecule has 4 nitrogen and oxygen atoms in total. The third-order valence-corrected chi connectivity index (χ3v) is 4.17. The third-order valence-electron chi connectivity index (χ3n) is 4.17. The summed E-state index contributed by atoms with van der Waals surface area (Å²) in [6.07, 6.45) is 9.79. The van der Waals surface area contributed by atoms with E-state index in [1.165, 1.54) is 38.5 Å². The molecule has 1 spiro atoms. The Balaban J connectivity index is 1.42. The minimum absolute atomic E-state index is 0.242. The Labute approximate surface area is 108 Å². The van der Waals surface area contributed by atoms with Gasteiger partial charge in [0.05, 0.1) is 24.4 Å². The van der Waals surface area contributed by atoms with Crippen LogP contribution in [0.3, 0.4) is 0 Å². The Kier molecular flexibility index (Phi) is 3.39. The minimum atomic E-state index is 0.242. The zero-order valence-corrected chi connectivity index (χ0v) is 11.1. The van der Waals surface area contributed by atoms with Crippen LogP contribution in [-0.2, 0) is 11.3 Å². The second-order valence-corrected chi connectivity index (χ2v) is 5.66. The van der Waals surface area contributed by atoms with Crippen LogP contribution in [0.2, 0.25) is 0 Å². The topological polar surface area (TPSA) is 47.3 Å². The molecule has 0 amide bonds. The first-order valence-corrected chi connectivity index (χ1v) is 7.06. The Morgan fingerprint density at radius 1 is 1.39 bits per heavy atom. The fourth-order valence-corrected chi connectivity index (χ4v) is 3.25. The van der Waals surface area contributed by atoms with E-state index in [0.29, 0.717) is 12.6 Å². The van der Waals surface area contributed by atoms with Crippen molar-refractivity contribution in [1.29, 1.82) is 0 Å². The van der Waals surface area contributed by atoms with Gasteiger partial charge in [0.15, 0.2) is 0 Å². The normalized spacial score (nSPS) is 26.2. The molecule has 1 saturated carbocycles. The summed E-state index contributed by atoms with van der Waals surface area (Å²) in [6.45, 7) is 3.52. The van der Waals surface area contributed by atoms with Crippen molar-refractivity contribution in [3.8, 4) is 0 Å². The minimum Gasteiger partial charge on any atom is -0.445 e. The fraction of sp³-hybridized carbons (Fsp3) is 0.786. The van der Waals surface area contributed by atoms with Crippen molar-refractivity contribution in [1.82, 2.24) is 10.3 Å². The van der Waals surface area contributed by atoms with Crippen molar-refractivity contribution >= 4 is 0 Å². The largest absolute Gasteiger partial charge is 0.445 e. The van der Waals surface area contributed by atoms with Gasteiger partial charge in [-0.05, 0) is 32.6 Å². The van der Waals surface area contributed by atoms with Gasteiger partial charge in [-0.1, -0.05) is 12.8 Å². The first kappa shape index (κ1) is 12.2. The predicted molar refractivity (Wildman–Crippen MR) is 68.3 cm³/mol. The zero-order valence-electron chi connectivity index (χ0n) is 11.1. The Morgan fingerprint density at radius 3 is 2.94 bits per heavy atom. The van der Waals surface area contributed by atoms with Crippen molar-refractivity contribution in [2.45, 2.75) is 63.7 Å². The van der Waals surface area contributed by atoms with Crippen LogP contribution in [0.1, 0.15) is 50.2 Å². The van der Waals surface area contributed by atoms with Crippen molar-refractivity contribution in [2.24, 2.45) is 0 Å². The molecule has 2 heterocycles. The summed E-state index contributed by atoms with van der Waals surface area (Å²) in [7, 11) is 0.